The zero-order chi connectivity index (χ0) is 16.8. The van der Waals surface area contributed by atoms with Gasteiger partial charge in [-0.3, -0.25) is 9.80 Å². The van der Waals surface area contributed by atoms with Gasteiger partial charge in [0.15, 0.2) is 0 Å². The van der Waals surface area contributed by atoms with Crippen molar-refractivity contribution in [3.8, 4) is 0 Å². The first-order valence-corrected chi connectivity index (χ1v) is 8.45. The highest BCUT2D eigenvalue weighted by atomic mass is 19.1. The minimum absolute atomic E-state index is 0.226. The lowest BCUT2D eigenvalue weighted by atomic mass is 9.93. The van der Waals surface area contributed by atoms with Gasteiger partial charge in [-0.15, -0.1) is 0 Å². The SMILES string of the molecule is CN1CC2=C(C1)CN(C1COC(c3cc(F)ccc3F)C(N)C1)C2. The molecule has 0 radical (unpaired) electrons. The maximum Gasteiger partial charge on any atom is 0.129 e. The van der Waals surface area contributed by atoms with E-state index in [1.807, 2.05) is 0 Å². The van der Waals surface area contributed by atoms with Crippen LogP contribution in [0.4, 0.5) is 8.78 Å². The fourth-order valence-electron chi connectivity index (χ4n) is 4.21. The van der Waals surface area contributed by atoms with E-state index in [2.05, 4.69) is 16.8 Å². The molecular weight excluding hydrogens is 312 g/mol. The van der Waals surface area contributed by atoms with Crippen LogP contribution in [0.3, 0.4) is 0 Å². The average molecular weight is 335 g/mol. The van der Waals surface area contributed by atoms with E-state index in [9.17, 15) is 8.78 Å². The molecule has 2 N–H and O–H groups in total. The summed E-state index contributed by atoms with van der Waals surface area (Å²) in [5, 5.41) is 0. The van der Waals surface area contributed by atoms with Crippen molar-refractivity contribution in [2.24, 2.45) is 5.73 Å². The number of ether oxygens (including phenoxy) is 1. The van der Waals surface area contributed by atoms with Gasteiger partial charge >= 0.3 is 0 Å². The number of benzene rings is 1. The van der Waals surface area contributed by atoms with E-state index in [1.165, 1.54) is 17.2 Å². The molecule has 0 amide bonds. The van der Waals surface area contributed by atoms with Crippen molar-refractivity contribution in [3.63, 3.8) is 0 Å². The van der Waals surface area contributed by atoms with Crippen LogP contribution in [-0.4, -0.2) is 61.7 Å². The highest BCUT2D eigenvalue weighted by molar-refractivity contribution is 5.30. The zero-order valence-corrected chi connectivity index (χ0v) is 13.8. The van der Waals surface area contributed by atoms with Crippen LogP contribution in [0.25, 0.3) is 0 Å². The van der Waals surface area contributed by atoms with E-state index in [-0.39, 0.29) is 17.6 Å². The molecule has 0 bridgehead atoms. The predicted octanol–water partition coefficient (Wildman–Crippen LogP) is 1.68. The quantitative estimate of drug-likeness (QED) is 0.835. The first kappa shape index (κ1) is 16.1. The maximum atomic E-state index is 14.0. The van der Waals surface area contributed by atoms with Gasteiger partial charge in [-0.2, -0.15) is 0 Å². The summed E-state index contributed by atoms with van der Waals surface area (Å²) in [5.41, 5.74) is 9.53. The lowest BCUT2D eigenvalue weighted by Gasteiger charge is -2.39. The Kier molecular flexibility index (Phi) is 4.16. The zero-order valence-electron chi connectivity index (χ0n) is 13.8. The fraction of sp³-hybridized carbons (Fsp3) is 0.556. The molecule has 3 atom stereocenters. The van der Waals surface area contributed by atoms with E-state index >= 15 is 0 Å². The Morgan fingerprint density at radius 2 is 1.83 bits per heavy atom. The molecule has 4 nitrogen and oxygen atoms in total. The van der Waals surface area contributed by atoms with Crippen molar-refractivity contribution in [1.29, 1.82) is 0 Å². The summed E-state index contributed by atoms with van der Waals surface area (Å²) < 4.78 is 33.3. The number of rotatable bonds is 2. The van der Waals surface area contributed by atoms with Crippen molar-refractivity contribution in [2.75, 3.05) is 39.8 Å². The number of hydrogen-bond donors (Lipinski definition) is 1. The summed E-state index contributed by atoms with van der Waals surface area (Å²) >= 11 is 0. The summed E-state index contributed by atoms with van der Waals surface area (Å²) in [6.07, 6.45) is 0.155. The fourth-order valence-corrected chi connectivity index (χ4v) is 4.21. The van der Waals surface area contributed by atoms with Crippen molar-refractivity contribution < 1.29 is 13.5 Å². The van der Waals surface area contributed by atoms with E-state index in [0.29, 0.717) is 6.61 Å². The van der Waals surface area contributed by atoms with Gasteiger partial charge in [0.2, 0.25) is 0 Å². The van der Waals surface area contributed by atoms with E-state index < -0.39 is 17.7 Å². The Morgan fingerprint density at radius 1 is 1.12 bits per heavy atom. The van der Waals surface area contributed by atoms with E-state index in [4.69, 9.17) is 10.5 Å². The average Bonchev–Trinajstić information content (AvgIpc) is 3.07. The second kappa shape index (κ2) is 6.19. The first-order valence-electron chi connectivity index (χ1n) is 8.45. The lowest BCUT2D eigenvalue weighted by molar-refractivity contribution is -0.0468. The van der Waals surface area contributed by atoms with Crippen molar-refractivity contribution in [1.82, 2.24) is 9.80 Å². The predicted molar refractivity (Wildman–Crippen MR) is 87.5 cm³/mol. The molecule has 4 rings (SSSR count). The smallest absolute Gasteiger partial charge is 0.129 e. The number of nitrogens with two attached hydrogens (primary N) is 1. The molecule has 3 aliphatic rings. The number of likely N-dealkylation sites (N-methyl/N-ethyl adjacent to an activating group) is 1. The van der Waals surface area contributed by atoms with Gasteiger partial charge in [-0.1, -0.05) is 0 Å². The first-order chi connectivity index (χ1) is 11.5. The normalized spacial score (nSPS) is 31.8. The Hall–Kier alpha value is -1.34. The standard InChI is InChI=1S/C18H23F2N3O/c1-22-6-11-8-23(9-12(11)7-22)14-5-17(21)18(24-10-14)15-4-13(19)2-3-16(15)20/h2-4,14,17-18H,5-10,21H2,1H3. The van der Waals surface area contributed by atoms with Gasteiger partial charge < -0.3 is 10.5 Å². The summed E-state index contributed by atoms with van der Waals surface area (Å²) in [6, 6.07) is 3.35. The summed E-state index contributed by atoms with van der Waals surface area (Å²) in [4.78, 5) is 4.74. The third-order valence-corrected chi connectivity index (χ3v) is 5.39. The second-order valence-corrected chi connectivity index (χ2v) is 7.26. The third-order valence-electron chi connectivity index (χ3n) is 5.39. The van der Waals surface area contributed by atoms with Crippen LogP contribution in [0.15, 0.2) is 29.3 Å². The molecule has 24 heavy (non-hydrogen) atoms. The Bertz CT molecular complexity index is 660. The van der Waals surface area contributed by atoms with Crippen LogP contribution in [-0.2, 0) is 4.74 Å². The molecule has 0 spiro atoms. The van der Waals surface area contributed by atoms with Gasteiger partial charge in [0.25, 0.3) is 0 Å². The molecule has 0 saturated carbocycles. The van der Waals surface area contributed by atoms with E-state index in [1.54, 1.807) is 0 Å². The summed E-state index contributed by atoms with van der Waals surface area (Å²) in [5.74, 6) is -0.922. The Morgan fingerprint density at radius 3 is 2.50 bits per heavy atom. The van der Waals surface area contributed by atoms with Crippen LogP contribution < -0.4 is 5.73 Å². The van der Waals surface area contributed by atoms with Crippen molar-refractivity contribution in [2.45, 2.75) is 24.6 Å². The van der Waals surface area contributed by atoms with Gasteiger partial charge in [0, 0.05) is 43.8 Å². The molecule has 3 unspecified atom stereocenters. The summed E-state index contributed by atoms with van der Waals surface area (Å²) in [7, 11) is 2.14. The number of halogens is 2. The van der Waals surface area contributed by atoms with Gasteiger partial charge in [-0.05, 0) is 42.8 Å². The highest BCUT2D eigenvalue weighted by Crippen LogP contribution is 2.34. The monoisotopic (exact) mass is 335 g/mol. The Labute approximate surface area is 140 Å². The van der Waals surface area contributed by atoms with Crippen LogP contribution >= 0.6 is 0 Å². The van der Waals surface area contributed by atoms with Crippen LogP contribution in [0.5, 0.6) is 0 Å². The van der Waals surface area contributed by atoms with Crippen molar-refractivity contribution >= 4 is 0 Å². The van der Waals surface area contributed by atoms with Crippen LogP contribution in [0.1, 0.15) is 18.1 Å². The molecule has 3 heterocycles. The molecule has 1 aromatic rings. The minimum Gasteiger partial charge on any atom is -0.370 e. The second-order valence-electron chi connectivity index (χ2n) is 7.26. The largest absolute Gasteiger partial charge is 0.370 e. The van der Waals surface area contributed by atoms with E-state index in [0.717, 1.165) is 44.7 Å². The highest BCUT2D eigenvalue weighted by Gasteiger charge is 2.38. The molecule has 6 heteroatoms. The lowest BCUT2D eigenvalue weighted by Crippen LogP contribution is -2.49. The maximum absolute atomic E-state index is 14.0. The van der Waals surface area contributed by atoms with Gasteiger partial charge in [-0.25, -0.2) is 8.78 Å². The minimum atomic E-state index is -0.578. The van der Waals surface area contributed by atoms with Gasteiger partial charge in [0.05, 0.1) is 6.61 Å². The summed E-state index contributed by atoms with van der Waals surface area (Å²) in [6.45, 7) is 4.54. The molecule has 0 aromatic heterocycles. The van der Waals surface area contributed by atoms with Crippen LogP contribution in [0.2, 0.25) is 0 Å². The molecule has 0 aliphatic carbocycles. The number of nitrogens with zero attached hydrogens (tertiary/aromatic N) is 2. The Balaban J connectivity index is 1.41. The molecule has 3 aliphatic heterocycles. The number of hydrogen-bond acceptors (Lipinski definition) is 4. The van der Waals surface area contributed by atoms with Crippen LogP contribution in [0, 0.1) is 11.6 Å². The topological polar surface area (TPSA) is 41.7 Å². The van der Waals surface area contributed by atoms with Gasteiger partial charge in [0.1, 0.15) is 17.7 Å². The third kappa shape index (κ3) is 2.88. The molecular formula is C18H23F2N3O. The molecule has 1 aromatic carbocycles. The molecule has 1 fully saturated rings. The molecule has 130 valence electrons. The van der Waals surface area contributed by atoms with Crippen molar-refractivity contribution in [3.05, 3.63) is 46.5 Å². The molecule has 1 saturated heterocycles.